The van der Waals surface area contributed by atoms with Gasteiger partial charge in [-0.15, -0.1) is 0 Å². The molecule has 2 heterocycles. The average molecular weight is 245 g/mol. The smallest absolute Gasteiger partial charge is 0.261 e. The van der Waals surface area contributed by atoms with E-state index in [1.807, 2.05) is 0 Å². The minimum atomic E-state index is -0.435. The Hall–Kier alpha value is -1.82. The molecule has 2 N–H and O–H groups in total. The van der Waals surface area contributed by atoms with Crippen molar-refractivity contribution in [2.24, 2.45) is 5.73 Å². The molecule has 1 aliphatic carbocycles. The van der Waals surface area contributed by atoms with E-state index >= 15 is 0 Å². The largest absolute Gasteiger partial charge is 0.334 e. The van der Waals surface area contributed by atoms with E-state index in [1.54, 1.807) is 12.4 Å². The van der Waals surface area contributed by atoms with E-state index in [9.17, 15) is 0 Å². The highest BCUT2D eigenvalue weighted by Gasteiger charge is 2.34. The number of hydrogen-bond acceptors (Lipinski definition) is 6. The van der Waals surface area contributed by atoms with Gasteiger partial charge in [-0.05, 0) is 12.8 Å². The van der Waals surface area contributed by atoms with Crippen molar-refractivity contribution in [3.8, 4) is 11.5 Å². The highest BCUT2D eigenvalue weighted by Crippen LogP contribution is 2.33. The fourth-order valence-electron chi connectivity index (χ4n) is 2.36. The van der Waals surface area contributed by atoms with Crippen LogP contribution in [0.25, 0.3) is 11.5 Å². The molecule has 0 saturated heterocycles. The molecular weight excluding hydrogens is 230 g/mol. The second kappa shape index (κ2) is 4.45. The zero-order valence-corrected chi connectivity index (χ0v) is 10.0. The fourth-order valence-corrected chi connectivity index (χ4v) is 2.36. The Labute approximate surface area is 105 Å². The molecule has 0 spiro atoms. The Morgan fingerprint density at radius 3 is 2.56 bits per heavy atom. The SMILES string of the molecule is NC1(c2noc(-c3cncnc3)n2)CCCCC1. The topological polar surface area (TPSA) is 90.7 Å². The average Bonchev–Trinajstić information content (AvgIpc) is 2.91. The summed E-state index contributed by atoms with van der Waals surface area (Å²) in [6.45, 7) is 0. The molecular formula is C12H15N5O. The van der Waals surface area contributed by atoms with E-state index in [0.717, 1.165) is 31.2 Å². The summed E-state index contributed by atoms with van der Waals surface area (Å²) in [5.41, 5.74) is 6.64. The number of hydrogen-bond donors (Lipinski definition) is 1. The van der Waals surface area contributed by atoms with Crippen molar-refractivity contribution in [2.45, 2.75) is 37.6 Å². The lowest BCUT2D eigenvalue weighted by atomic mass is 9.82. The maximum Gasteiger partial charge on any atom is 0.261 e. The lowest BCUT2D eigenvalue weighted by Gasteiger charge is -2.29. The van der Waals surface area contributed by atoms with Crippen molar-refractivity contribution in [3.63, 3.8) is 0 Å². The monoisotopic (exact) mass is 245 g/mol. The fraction of sp³-hybridized carbons (Fsp3) is 0.500. The summed E-state index contributed by atoms with van der Waals surface area (Å²) >= 11 is 0. The van der Waals surface area contributed by atoms with Crippen molar-refractivity contribution in [1.29, 1.82) is 0 Å². The standard InChI is InChI=1S/C12H15N5O/c13-12(4-2-1-3-5-12)11-16-10(18-17-11)9-6-14-8-15-7-9/h6-8H,1-5,13H2. The normalized spacial score (nSPS) is 18.7. The lowest BCUT2D eigenvalue weighted by molar-refractivity contribution is 0.275. The number of rotatable bonds is 2. The van der Waals surface area contributed by atoms with Gasteiger partial charge in [-0.2, -0.15) is 4.98 Å². The van der Waals surface area contributed by atoms with Gasteiger partial charge < -0.3 is 10.3 Å². The number of aromatic nitrogens is 4. The first-order valence-corrected chi connectivity index (χ1v) is 6.16. The van der Waals surface area contributed by atoms with E-state index in [1.165, 1.54) is 12.7 Å². The van der Waals surface area contributed by atoms with Crippen LogP contribution in [0, 0.1) is 0 Å². The Morgan fingerprint density at radius 1 is 1.11 bits per heavy atom. The molecule has 2 aromatic rings. The quantitative estimate of drug-likeness (QED) is 0.864. The van der Waals surface area contributed by atoms with Gasteiger partial charge in [0.25, 0.3) is 5.89 Å². The van der Waals surface area contributed by atoms with Crippen LogP contribution in [0.5, 0.6) is 0 Å². The zero-order chi connectivity index (χ0) is 12.4. The van der Waals surface area contributed by atoms with Crippen LogP contribution >= 0.6 is 0 Å². The van der Waals surface area contributed by atoms with Gasteiger partial charge in [0, 0.05) is 12.4 Å². The summed E-state index contributed by atoms with van der Waals surface area (Å²) in [6, 6.07) is 0. The van der Waals surface area contributed by atoms with Gasteiger partial charge in [-0.25, -0.2) is 9.97 Å². The summed E-state index contributed by atoms with van der Waals surface area (Å²) in [5.74, 6) is 1.03. The third kappa shape index (κ3) is 1.99. The minimum absolute atomic E-state index is 0.431. The molecule has 6 nitrogen and oxygen atoms in total. The molecule has 1 aliphatic rings. The maximum atomic E-state index is 6.36. The third-order valence-corrected chi connectivity index (χ3v) is 3.42. The Balaban J connectivity index is 1.89. The van der Waals surface area contributed by atoms with Crippen LogP contribution in [0.4, 0.5) is 0 Å². The molecule has 0 atom stereocenters. The Bertz CT molecular complexity index is 518. The second-order valence-electron chi connectivity index (χ2n) is 4.77. The van der Waals surface area contributed by atoms with E-state index < -0.39 is 5.54 Å². The number of nitrogens with two attached hydrogens (primary N) is 1. The molecule has 1 fully saturated rings. The first kappa shape index (κ1) is 11.3. The summed E-state index contributed by atoms with van der Waals surface area (Å²) in [7, 11) is 0. The summed E-state index contributed by atoms with van der Waals surface area (Å²) < 4.78 is 5.25. The summed E-state index contributed by atoms with van der Waals surface area (Å²) in [5, 5.41) is 4.02. The van der Waals surface area contributed by atoms with Crippen molar-refractivity contribution < 1.29 is 4.52 Å². The summed E-state index contributed by atoms with van der Waals surface area (Å²) in [6.07, 6.45) is 10.1. The molecule has 3 rings (SSSR count). The van der Waals surface area contributed by atoms with Crippen molar-refractivity contribution >= 4 is 0 Å². The van der Waals surface area contributed by atoms with Crippen LogP contribution in [-0.4, -0.2) is 20.1 Å². The molecule has 94 valence electrons. The van der Waals surface area contributed by atoms with E-state index in [-0.39, 0.29) is 0 Å². The van der Waals surface area contributed by atoms with Crippen molar-refractivity contribution in [1.82, 2.24) is 20.1 Å². The molecule has 2 aromatic heterocycles. The van der Waals surface area contributed by atoms with Crippen LogP contribution < -0.4 is 5.73 Å². The van der Waals surface area contributed by atoms with Crippen LogP contribution in [0.15, 0.2) is 23.2 Å². The third-order valence-electron chi connectivity index (χ3n) is 3.42. The van der Waals surface area contributed by atoms with Gasteiger partial charge in [-0.1, -0.05) is 24.4 Å². The maximum absolute atomic E-state index is 6.36. The van der Waals surface area contributed by atoms with Gasteiger partial charge in [0.1, 0.15) is 6.33 Å². The predicted octanol–water partition coefficient (Wildman–Crippen LogP) is 1.64. The molecule has 18 heavy (non-hydrogen) atoms. The van der Waals surface area contributed by atoms with Gasteiger partial charge in [0.05, 0.1) is 11.1 Å². The van der Waals surface area contributed by atoms with Crippen LogP contribution in [0.2, 0.25) is 0 Å². The first-order valence-electron chi connectivity index (χ1n) is 6.16. The molecule has 0 bridgehead atoms. The molecule has 0 aliphatic heterocycles. The highest BCUT2D eigenvalue weighted by molar-refractivity contribution is 5.48. The highest BCUT2D eigenvalue weighted by atomic mass is 16.5. The van der Waals surface area contributed by atoms with Gasteiger partial charge in [0.2, 0.25) is 0 Å². The van der Waals surface area contributed by atoms with E-state index in [2.05, 4.69) is 20.1 Å². The molecule has 1 saturated carbocycles. The van der Waals surface area contributed by atoms with Gasteiger partial charge in [-0.3, -0.25) is 0 Å². The molecule has 6 heteroatoms. The van der Waals surface area contributed by atoms with E-state index in [4.69, 9.17) is 10.3 Å². The van der Waals surface area contributed by atoms with Crippen molar-refractivity contribution in [2.75, 3.05) is 0 Å². The van der Waals surface area contributed by atoms with Crippen molar-refractivity contribution in [3.05, 3.63) is 24.5 Å². The van der Waals surface area contributed by atoms with Gasteiger partial charge in [0.15, 0.2) is 5.82 Å². The number of nitrogens with zero attached hydrogens (tertiary/aromatic N) is 4. The molecule has 0 unspecified atom stereocenters. The van der Waals surface area contributed by atoms with Gasteiger partial charge >= 0.3 is 0 Å². The lowest BCUT2D eigenvalue weighted by Crippen LogP contribution is -2.39. The first-order chi connectivity index (χ1) is 8.78. The Morgan fingerprint density at radius 2 is 1.83 bits per heavy atom. The molecule has 0 amide bonds. The second-order valence-corrected chi connectivity index (χ2v) is 4.77. The Kier molecular flexibility index (Phi) is 2.79. The van der Waals surface area contributed by atoms with Crippen LogP contribution in [0.3, 0.4) is 0 Å². The van der Waals surface area contributed by atoms with Crippen LogP contribution in [-0.2, 0) is 5.54 Å². The zero-order valence-electron chi connectivity index (χ0n) is 10.0. The predicted molar refractivity (Wildman–Crippen MR) is 64.3 cm³/mol. The molecule has 0 aromatic carbocycles. The molecule has 0 radical (unpaired) electrons. The minimum Gasteiger partial charge on any atom is -0.334 e. The summed E-state index contributed by atoms with van der Waals surface area (Å²) in [4.78, 5) is 12.3. The van der Waals surface area contributed by atoms with Crippen LogP contribution in [0.1, 0.15) is 37.9 Å². The van der Waals surface area contributed by atoms with E-state index in [0.29, 0.717) is 11.7 Å².